The summed E-state index contributed by atoms with van der Waals surface area (Å²) in [6, 6.07) is 3.67. The van der Waals surface area contributed by atoms with Crippen molar-refractivity contribution in [1.29, 1.82) is 0 Å². The Bertz CT molecular complexity index is 719. The van der Waals surface area contributed by atoms with Gasteiger partial charge in [-0.15, -0.1) is 4.36 Å². The largest absolute Gasteiger partial charge is 0.444 e. The number of alkyl carbamates (subject to hydrolysis) is 1. The topological polar surface area (TPSA) is 124 Å². The Labute approximate surface area is 148 Å². The van der Waals surface area contributed by atoms with Gasteiger partial charge in [0.05, 0.1) is 0 Å². The molecule has 0 aliphatic carbocycles. The van der Waals surface area contributed by atoms with Crippen LogP contribution in [0.1, 0.15) is 41.0 Å². The molecule has 0 aliphatic heterocycles. The van der Waals surface area contributed by atoms with Crippen LogP contribution < -0.4 is 10.5 Å². The molecular formula is C16H26N4O4S. The van der Waals surface area contributed by atoms with E-state index in [1.807, 2.05) is 13.8 Å². The number of nitrogens with two attached hydrogens (primary N) is 1. The van der Waals surface area contributed by atoms with Crippen LogP contribution in [-0.4, -0.2) is 32.8 Å². The number of carbonyl (C=O) groups is 2. The molecule has 1 heterocycles. The van der Waals surface area contributed by atoms with E-state index >= 15 is 0 Å². The summed E-state index contributed by atoms with van der Waals surface area (Å²) in [5, 5.41) is 8.15. The third kappa shape index (κ3) is 7.61. The quantitative estimate of drug-likeness (QED) is 0.822. The molecule has 140 valence electrons. The number of amides is 2. The highest BCUT2D eigenvalue weighted by Gasteiger charge is 2.26. The maximum atomic E-state index is 12.5. The van der Waals surface area contributed by atoms with Crippen LogP contribution in [0.5, 0.6) is 0 Å². The zero-order valence-corrected chi connectivity index (χ0v) is 16.0. The fourth-order valence-electron chi connectivity index (χ4n) is 1.91. The van der Waals surface area contributed by atoms with E-state index in [9.17, 15) is 13.8 Å². The van der Waals surface area contributed by atoms with E-state index in [-0.39, 0.29) is 10.9 Å². The first-order chi connectivity index (χ1) is 11.4. The van der Waals surface area contributed by atoms with Crippen molar-refractivity contribution in [2.24, 2.45) is 15.4 Å². The molecule has 0 fully saturated rings. The van der Waals surface area contributed by atoms with E-state index in [1.54, 1.807) is 32.9 Å². The van der Waals surface area contributed by atoms with Gasteiger partial charge in [-0.3, -0.25) is 4.79 Å². The molecule has 0 bridgehead atoms. The van der Waals surface area contributed by atoms with Crippen molar-refractivity contribution in [1.82, 2.24) is 10.3 Å². The number of rotatable bonds is 5. The summed E-state index contributed by atoms with van der Waals surface area (Å²) in [5.74, 6) is -0.694. The first-order valence-corrected chi connectivity index (χ1v) is 9.48. The summed E-state index contributed by atoms with van der Waals surface area (Å²) in [6.45, 7) is 8.91. The van der Waals surface area contributed by atoms with Gasteiger partial charge in [0, 0.05) is 6.20 Å². The van der Waals surface area contributed by atoms with E-state index in [2.05, 4.69) is 14.7 Å². The zero-order valence-electron chi connectivity index (χ0n) is 15.2. The molecule has 1 rings (SSSR count). The molecule has 2 amide bonds. The van der Waals surface area contributed by atoms with Crippen LogP contribution in [0.4, 0.5) is 4.79 Å². The van der Waals surface area contributed by atoms with Crippen LogP contribution in [0.25, 0.3) is 0 Å². The highest BCUT2D eigenvalue weighted by Crippen LogP contribution is 2.12. The number of nitrogens with one attached hydrogen (secondary N) is 1. The Morgan fingerprint density at radius 2 is 2.00 bits per heavy atom. The van der Waals surface area contributed by atoms with Crippen molar-refractivity contribution in [2.45, 2.75) is 57.7 Å². The molecule has 1 unspecified atom stereocenters. The second-order valence-corrected chi connectivity index (χ2v) is 8.73. The average Bonchev–Trinajstić information content (AvgIpc) is 2.44. The van der Waals surface area contributed by atoms with E-state index < -0.39 is 33.6 Å². The molecule has 8 nitrogen and oxygen atoms in total. The zero-order chi connectivity index (χ0) is 19.3. The van der Waals surface area contributed by atoms with Crippen molar-refractivity contribution in [3.63, 3.8) is 0 Å². The molecule has 0 saturated carbocycles. The fraction of sp³-hybridized carbons (Fsp3) is 0.562. The molecule has 9 heteroatoms. The van der Waals surface area contributed by atoms with Crippen LogP contribution in [0.15, 0.2) is 33.8 Å². The second-order valence-electron chi connectivity index (χ2n) is 6.99. The standard InChI is InChI=1S/C16H26N4O4S/c1-11(2)10-12(19-15(22)24-16(3,4)5)14(21)20-25(17,23)13-8-6-7-9-18-13/h6-9,11-12H,10H2,1-5H3,(H,19,22)(H2,17,20,21,23)/t12-,25?/m0/s1. The number of aromatic nitrogens is 1. The number of carbonyl (C=O) groups excluding carboxylic acids is 2. The summed E-state index contributed by atoms with van der Waals surface area (Å²) < 4.78 is 21.3. The minimum Gasteiger partial charge on any atom is -0.444 e. The van der Waals surface area contributed by atoms with Gasteiger partial charge in [0.25, 0.3) is 5.91 Å². The van der Waals surface area contributed by atoms with Crippen LogP contribution in [0, 0.1) is 5.92 Å². The van der Waals surface area contributed by atoms with E-state index in [4.69, 9.17) is 9.88 Å². The lowest BCUT2D eigenvalue weighted by molar-refractivity contribution is -0.120. The summed E-state index contributed by atoms with van der Waals surface area (Å²) in [5.41, 5.74) is -0.706. The van der Waals surface area contributed by atoms with E-state index in [0.717, 1.165) is 0 Å². The Kier molecular flexibility index (Phi) is 7.06. The van der Waals surface area contributed by atoms with Gasteiger partial charge in [-0.1, -0.05) is 19.9 Å². The molecule has 0 spiro atoms. The fourth-order valence-corrected chi connectivity index (χ4v) is 2.88. The predicted molar refractivity (Wildman–Crippen MR) is 94.9 cm³/mol. The van der Waals surface area contributed by atoms with Crippen molar-refractivity contribution >= 4 is 21.9 Å². The summed E-state index contributed by atoms with van der Waals surface area (Å²) >= 11 is 0. The van der Waals surface area contributed by atoms with Crippen molar-refractivity contribution in [3.8, 4) is 0 Å². The van der Waals surface area contributed by atoms with Gasteiger partial charge >= 0.3 is 6.09 Å². The van der Waals surface area contributed by atoms with Crippen molar-refractivity contribution < 1.29 is 18.5 Å². The lowest BCUT2D eigenvalue weighted by Gasteiger charge is -2.23. The van der Waals surface area contributed by atoms with E-state index in [0.29, 0.717) is 6.42 Å². The first-order valence-electron chi connectivity index (χ1n) is 7.90. The Morgan fingerprint density at radius 3 is 2.48 bits per heavy atom. The maximum absolute atomic E-state index is 12.5. The molecule has 0 aromatic carbocycles. The van der Waals surface area contributed by atoms with Gasteiger partial charge in [0.2, 0.25) is 0 Å². The van der Waals surface area contributed by atoms with Crippen molar-refractivity contribution in [2.75, 3.05) is 0 Å². The molecular weight excluding hydrogens is 344 g/mol. The van der Waals surface area contributed by atoms with Crippen LogP contribution in [-0.2, 0) is 19.4 Å². The number of ether oxygens (including phenoxy) is 1. The molecule has 1 aromatic heterocycles. The molecule has 0 radical (unpaired) electrons. The van der Waals surface area contributed by atoms with Crippen LogP contribution >= 0.6 is 0 Å². The minimum atomic E-state index is -3.49. The lowest BCUT2D eigenvalue weighted by atomic mass is 10.0. The van der Waals surface area contributed by atoms with Gasteiger partial charge < -0.3 is 10.1 Å². The SMILES string of the molecule is CC(C)C[C@H](NC(=O)OC(C)(C)C)C(=O)N=S(N)(=O)c1ccccn1. The summed E-state index contributed by atoms with van der Waals surface area (Å²) in [7, 11) is -3.49. The molecule has 25 heavy (non-hydrogen) atoms. The minimum absolute atomic E-state index is 0.00362. The van der Waals surface area contributed by atoms with Gasteiger partial charge in [-0.05, 0) is 45.2 Å². The average molecular weight is 370 g/mol. The normalized spacial score (nSPS) is 15.2. The third-order valence-electron chi connectivity index (χ3n) is 2.86. The van der Waals surface area contributed by atoms with Crippen molar-refractivity contribution in [3.05, 3.63) is 24.4 Å². The molecule has 3 N–H and O–H groups in total. The Morgan fingerprint density at radius 1 is 1.36 bits per heavy atom. The number of pyridine rings is 1. The summed E-state index contributed by atoms with van der Waals surface area (Å²) in [6.07, 6.45) is 0.967. The van der Waals surface area contributed by atoms with Crippen LogP contribution in [0.2, 0.25) is 0 Å². The molecule has 0 saturated heterocycles. The number of hydrogen-bond donors (Lipinski definition) is 2. The second kappa shape index (κ2) is 8.39. The van der Waals surface area contributed by atoms with Gasteiger partial charge in [-0.2, -0.15) is 0 Å². The number of nitrogens with zero attached hydrogens (tertiary/aromatic N) is 2. The monoisotopic (exact) mass is 370 g/mol. The molecule has 0 aliphatic rings. The van der Waals surface area contributed by atoms with Gasteiger partial charge in [0.1, 0.15) is 11.6 Å². The lowest BCUT2D eigenvalue weighted by Crippen LogP contribution is -2.44. The summed E-state index contributed by atoms with van der Waals surface area (Å²) in [4.78, 5) is 28.3. The first kappa shape index (κ1) is 21.0. The molecule has 2 atom stereocenters. The third-order valence-corrected chi connectivity index (χ3v) is 4.15. The Balaban J connectivity index is 3.03. The highest BCUT2D eigenvalue weighted by molar-refractivity contribution is 7.91. The predicted octanol–water partition coefficient (Wildman–Crippen LogP) is 2.25. The maximum Gasteiger partial charge on any atom is 0.408 e. The number of hydrogen-bond acceptors (Lipinski definition) is 5. The smallest absolute Gasteiger partial charge is 0.408 e. The van der Waals surface area contributed by atoms with E-state index in [1.165, 1.54) is 12.3 Å². The van der Waals surface area contributed by atoms with Gasteiger partial charge in [-0.25, -0.2) is 19.1 Å². The van der Waals surface area contributed by atoms with Gasteiger partial charge in [0.15, 0.2) is 14.9 Å². The Hall–Kier alpha value is -2.00. The molecule has 1 aromatic rings. The highest BCUT2D eigenvalue weighted by atomic mass is 32.2. The van der Waals surface area contributed by atoms with Crippen LogP contribution in [0.3, 0.4) is 0 Å².